The number of hydrogen-bond acceptors (Lipinski definition) is 0. The van der Waals surface area contributed by atoms with Gasteiger partial charge in [0.2, 0.25) is 0 Å². The second-order valence-corrected chi connectivity index (χ2v) is 13.1. The quantitative estimate of drug-likeness (QED) is 0.543. The van der Waals surface area contributed by atoms with Gasteiger partial charge in [-0.05, 0) is 29.4 Å². The van der Waals surface area contributed by atoms with Crippen LogP contribution in [0.1, 0.15) is 31.7 Å². The topological polar surface area (TPSA) is 0 Å². The second-order valence-electron chi connectivity index (χ2n) is 8.07. The van der Waals surface area contributed by atoms with Gasteiger partial charge in [-0.2, -0.15) is 0 Å². The normalized spacial score (nSPS) is 26.7. The van der Waals surface area contributed by atoms with Crippen LogP contribution >= 0.6 is 0 Å². The van der Waals surface area contributed by atoms with Gasteiger partial charge in [-0.25, -0.2) is 0 Å². The Kier molecular flexibility index (Phi) is 4.77. The summed E-state index contributed by atoms with van der Waals surface area (Å²) in [5.41, 5.74) is 3.12. The molecule has 1 heteroatoms. The molecular formula is C22H30Si. The van der Waals surface area contributed by atoms with E-state index >= 15 is 0 Å². The van der Waals surface area contributed by atoms with E-state index in [1.54, 1.807) is 10.8 Å². The van der Waals surface area contributed by atoms with E-state index in [2.05, 4.69) is 81.2 Å². The number of rotatable bonds is 5. The van der Waals surface area contributed by atoms with Crippen LogP contribution in [0.2, 0.25) is 19.6 Å². The second kappa shape index (κ2) is 6.65. The van der Waals surface area contributed by atoms with E-state index in [4.69, 9.17) is 0 Å². The molecule has 2 aliphatic carbocycles. The van der Waals surface area contributed by atoms with Gasteiger partial charge in [0.05, 0.1) is 8.07 Å². The molecule has 0 N–H and O–H groups in total. The van der Waals surface area contributed by atoms with Gasteiger partial charge in [-0.15, -0.1) is 0 Å². The fourth-order valence-corrected chi connectivity index (χ4v) is 6.95. The van der Waals surface area contributed by atoms with Crippen LogP contribution in [0.25, 0.3) is 5.57 Å². The molecule has 0 amide bonds. The maximum absolute atomic E-state index is 2.52. The predicted octanol–water partition coefficient (Wildman–Crippen LogP) is 6.50. The maximum Gasteiger partial charge on any atom is 0.0736 e. The first-order chi connectivity index (χ1) is 11.0. The summed E-state index contributed by atoms with van der Waals surface area (Å²) in [7, 11) is -1.36. The average molecular weight is 323 g/mol. The van der Waals surface area contributed by atoms with E-state index in [1.165, 1.54) is 24.8 Å². The minimum absolute atomic E-state index is 0.602. The van der Waals surface area contributed by atoms with Gasteiger partial charge < -0.3 is 0 Å². The summed E-state index contributed by atoms with van der Waals surface area (Å²) in [6.45, 7) is 9.89. The first-order valence-electron chi connectivity index (χ1n) is 9.19. The fraction of sp³-hybridized carbons (Fsp3) is 0.455. The summed E-state index contributed by atoms with van der Waals surface area (Å²) < 4.78 is 0. The van der Waals surface area contributed by atoms with Crippen LogP contribution in [-0.4, -0.2) is 8.07 Å². The zero-order valence-electron chi connectivity index (χ0n) is 15.0. The zero-order chi connectivity index (χ0) is 16.4. The smallest absolute Gasteiger partial charge is 0.0736 e. The lowest BCUT2D eigenvalue weighted by Gasteiger charge is -2.28. The Labute approximate surface area is 143 Å². The highest BCUT2D eigenvalue weighted by Crippen LogP contribution is 2.53. The van der Waals surface area contributed by atoms with Crippen molar-refractivity contribution >= 4 is 13.6 Å². The predicted molar refractivity (Wildman–Crippen MR) is 105 cm³/mol. The molecule has 0 heterocycles. The summed E-state index contributed by atoms with van der Waals surface area (Å²) in [6.07, 6.45) is 13.6. The van der Waals surface area contributed by atoms with Gasteiger partial charge in [-0.3, -0.25) is 0 Å². The molecule has 3 atom stereocenters. The zero-order valence-corrected chi connectivity index (χ0v) is 16.0. The van der Waals surface area contributed by atoms with Crippen LogP contribution in [0.4, 0.5) is 0 Å². The monoisotopic (exact) mass is 322 g/mol. The summed E-state index contributed by atoms with van der Waals surface area (Å²) in [4.78, 5) is 0. The van der Waals surface area contributed by atoms with Gasteiger partial charge in [-0.1, -0.05) is 99.2 Å². The molecule has 0 aromatic heterocycles. The van der Waals surface area contributed by atoms with Gasteiger partial charge in [0.25, 0.3) is 0 Å². The van der Waals surface area contributed by atoms with Crippen molar-refractivity contribution in [3.63, 3.8) is 0 Å². The minimum atomic E-state index is -1.36. The molecule has 0 nitrogen and oxygen atoms in total. The average Bonchev–Trinajstić information content (AvgIpc) is 2.67. The molecule has 23 heavy (non-hydrogen) atoms. The minimum Gasteiger partial charge on any atom is -0.0774 e. The number of unbranched alkanes of at least 4 members (excludes halogenated alkanes) is 1. The highest BCUT2D eigenvalue weighted by molar-refractivity contribution is 6.84. The van der Waals surface area contributed by atoms with Gasteiger partial charge in [0.15, 0.2) is 0 Å². The maximum atomic E-state index is 2.52. The van der Waals surface area contributed by atoms with E-state index in [-0.39, 0.29) is 0 Å². The van der Waals surface area contributed by atoms with E-state index in [9.17, 15) is 0 Å². The summed E-state index contributed by atoms with van der Waals surface area (Å²) in [6, 6.07) is 11.2. The molecular weight excluding hydrogens is 292 g/mol. The third kappa shape index (κ3) is 3.17. The summed E-state index contributed by atoms with van der Waals surface area (Å²) in [5.74, 6) is 2.02. The molecule has 0 fully saturated rings. The third-order valence-corrected chi connectivity index (χ3v) is 7.63. The Hall–Kier alpha value is -1.34. The van der Waals surface area contributed by atoms with Crippen LogP contribution in [-0.2, 0) is 0 Å². The van der Waals surface area contributed by atoms with E-state index in [1.807, 2.05) is 0 Å². The van der Waals surface area contributed by atoms with Crippen LogP contribution in [0.15, 0.2) is 59.8 Å². The van der Waals surface area contributed by atoms with Crippen LogP contribution in [0.5, 0.6) is 0 Å². The fourth-order valence-electron chi connectivity index (χ4n) is 4.52. The number of hydrogen-bond donors (Lipinski definition) is 0. The lowest BCUT2D eigenvalue weighted by Crippen LogP contribution is -2.29. The van der Waals surface area contributed by atoms with E-state index in [0.717, 1.165) is 5.92 Å². The molecule has 122 valence electrons. The van der Waals surface area contributed by atoms with Crippen molar-refractivity contribution in [3.05, 3.63) is 65.4 Å². The molecule has 2 aliphatic rings. The van der Waals surface area contributed by atoms with E-state index < -0.39 is 8.07 Å². The van der Waals surface area contributed by atoms with Crippen molar-refractivity contribution in [1.29, 1.82) is 0 Å². The van der Waals surface area contributed by atoms with Crippen molar-refractivity contribution in [2.75, 3.05) is 0 Å². The largest absolute Gasteiger partial charge is 0.0774 e. The van der Waals surface area contributed by atoms with Crippen LogP contribution in [0.3, 0.4) is 0 Å². The van der Waals surface area contributed by atoms with Crippen molar-refractivity contribution in [3.8, 4) is 0 Å². The molecule has 1 aromatic rings. The Morgan fingerprint density at radius 1 is 0.913 bits per heavy atom. The third-order valence-electron chi connectivity index (χ3n) is 5.41. The molecule has 1 aromatic carbocycles. The Bertz CT molecular complexity index is 628. The molecule has 0 spiro atoms. The first-order valence-corrected chi connectivity index (χ1v) is 12.7. The van der Waals surface area contributed by atoms with Gasteiger partial charge in [0, 0.05) is 5.92 Å². The Morgan fingerprint density at radius 2 is 1.57 bits per heavy atom. The van der Waals surface area contributed by atoms with Crippen molar-refractivity contribution in [2.24, 2.45) is 17.8 Å². The van der Waals surface area contributed by atoms with Crippen molar-refractivity contribution in [2.45, 2.75) is 45.8 Å². The number of fused-ring (bicyclic) bond motifs is 2. The number of benzene rings is 1. The first kappa shape index (κ1) is 16.5. The standard InChI is InChI=1S/C22H30Si/c1-5-6-14-18-19-15-10-11-16-20(18)22(23(2,3)4)21(19)17-12-8-7-9-13-17/h7-13,15-16,18-20H,5-6,14H2,1-4H3/t18-,19?,20?/m0/s1. The Morgan fingerprint density at radius 3 is 2.17 bits per heavy atom. The molecule has 0 radical (unpaired) electrons. The summed E-state index contributed by atoms with van der Waals surface area (Å²) in [5, 5.41) is 1.80. The Balaban J connectivity index is 2.14. The lowest BCUT2D eigenvalue weighted by atomic mass is 9.82. The van der Waals surface area contributed by atoms with Crippen LogP contribution < -0.4 is 0 Å². The van der Waals surface area contributed by atoms with Crippen molar-refractivity contribution < 1.29 is 0 Å². The summed E-state index contributed by atoms with van der Waals surface area (Å²) >= 11 is 0. The SMILES string of the molecule is CCCC[C@H]1C2C=CC=CC1C([Si](C)(C)C)=C2c1ccccc1. The highest BCUT2D eigenvalue weighted by Gasteiger charge is 2.44. The molecule has 2 bridgehead atoms. The lowest BCUT2D eigenvalue weighted by molar-refractivity contribution is 0.382. The van der Waals surface area contributed by atoms with Crippen molar-refractivity contribution in [1.82, 2.24) is 0 Å². The highest BCUT2D eigenvalue weighted by atomic mass is 28.3. The molecule has 3 rings (SSSR count). The number of allylic oxidation sites excluding steroid dienone is 6. The van der Waals surface area contributed by atoms with Crippen LogP contribution in [0, 0.1) is 17.8 Å². The van der Waals surface area contributed by atoms with Gasteiger partial charge >= 0.3 is 0 Å². The molecule has 2 unspecified atom stereocenters. The molecule has 0 saturated heterocycles. The molecule has 0 saturated carbocycles. The van der Waals surface area contributed by atoms with Gasteiger partial charge in [0.1, 0.15) is 0 Å². The van der Waals surface area contributed by atoms with E-state index in [0.29, 0.717) is 11.8 Å². The molecule has 0 aliphatic heterocycles.